The van der Waals surface area contributed by atoms with Gasteiger partial charge in [-0.05, 0) is 38.0 Å². The van der Waals surface area contributed by atoms with Crippen LogP contribution in [-0.2, 0) is 0 Å². The Balaban J connectivity index is 1.78. The van der Waals surface area contributed by atoms with Crippen molar-refractivity contribution in [2.75, 3.05) is 5.32 Å². The Labute approximate surface area is 138 Å². The number of carbonyl (C=O) groups excluding carboxylic acids is 3. The molecule has 2 amide bonds. The molecule has 0 radical (unpaired) electrons. The molecule has 24 heavy (non-hydrogen) atoms. The maximum atomic E-state index is 12.4. The molecule has 0 bridgehead atoms. The normalized spacial score (nSPS) is 13.2. The molecule has 7 nitrogen and oxygen atoms in total. The maximum Gasteiger partial charge on any atom is 0.270 e. The number of nitrogens with zero attached hydrogens (tertiary/aromatic N) is 2. The van der Waals surface area contributed by atoms with Crippen molar-refractivity contribution in [2.45, 2.75) is 25.8 Å². The zero-order chi connectivity index (χ0) is 17.1. The van der Waals surface area contributed by atoms with E-state index in [-0.39, 0.29) is 29.0 Å². The van der Waals surface area contributed by atoms with Crippen molar-refractivity contribution in [3.8, 4) is 0 Å². The fourth-order valence-corrected chi connectivity index (χ4v) is 2.18. The lowest BCUT2D eigenvalue weighted by Crippen LogP contribution is -2.26. The van der Waals surface area contributed by atoms with Crippen LogP contribution < -0.4 is 10.6 Å². The zero-order valence-corrected chi connectivity index (χ0v) is 13.1. The number of nitrogens with one attached hydrogen (secondary N) is 2. The number of Topliss-reactive ketones (excluding diaryl/α,β-unsaturated/α-hetero) is 1. The predicted octanol–water partition coefficient (Wildman–Crippen LogP) is 1.82. The summed E-state index contributed by atoms with van der Waals surface area (Å²) in [7, 11) is 0. The Morgan fingerprint density at radius 1 is 1.12 bits per heavy atom. The molecule has 1 fully saturated rings. The highest BCUT2D eigenvalue weighted by Gasteiger charge is 2.24. The molecular weight excluding hydrogens is 308 g/mol. The molecule has 0 saturated heterocycles. The van der Waals surface area contributed by atoms with Crippen LogP contribution in [0.1, 0.15) is 51.0 Å². The van der Waals surface area contributed by atoms with Gasteiger partial charge in [-0.25, -0.2) is 0 Å². The fourth-order valence-electron chi connectivity index (χ4n) is 2.18. The zero-order valence-electron chi connectivity index (χ0n) is 13.1. The highest BCUT2D eigenvalue weighted by molar-refractivity contribution is 6.09. The molecular formula is C17H16N4O3. The third kappa shape index (κ3) is 3.62. The minimum absolute atomic E-state index is 0.174. The third-order valence-electron chi connectivity index (χ3n) is 3.62. The summed E-state index contributed by atoms with van der Waals surface area (Å²) in [5.41, 5.74) is 1.17. The van der Waals surface area contributed by atoms with Gasteiger partial charge in [-0.2, -0.15) is 0 Å². The molecule has 1 aliphatic rings. The van der Waals surface area contributed by atoms with Gasteiger partial charge in [0, 0.05) is 29.6 Å². The summed E-state index contributed by atoms with van der Waals surface area (Å²) in [6, 6.07) is 4.69. The molecule has 2 aromatic rings. The second-order valence-corrected chi connectivity index (χ2v) is 5.61. The van der Waals surface area contributed by atoms with Gasteiger partial charge in [0.15, 0.2) is 5.78 Å². The lowest BCUT2D eigenvalue weighted by atomic mass is 10.1. The lowest BCUT2D eigenvalue weighted by molar-refractivity contribution is 0.0945. The Bertz CT molecular complexity index is 815. The van der Waals surface area contributed by atoms with Crippen molar-refractivity contribution >= 4 is 23.3 Å². The second-order valence-electron chi connectivity index (χ2n) is 5.61. The van der Waals surface area contributed by atoms with Crippen LogP contribution >= 0.6 is 0 Å². The van der Waals surface area contributed by atoms with Crippen molar-refractivity contribution in [3.05, 3.63) is 53.6 Å². The number of rotatable bonds is 5. The number of carbonyl (C=O) groups is 3. The van der Waals surface area contributed by atoms with Crippen molar-refractivity contribution in [1.29, 1.82) is 0 Å². The molecule has 3 rings (SSSR count). The molecule has 2 aromatic heterocycles. The third-order valence-corrected chi connectivity index (χ3v) is 3.62. The molecule has 1 aliphatic carbocycles. The average molecular weight is 324 g/mol. The molecule has 0 aliphatic heterocycles. The first-order valence-electron chi connectivity index (χ1n) is 7.58. The minimum atomic E-state index is -0.437. The molecule has 2 N–H and O–H groups in total. The van der Waals surface area contributed by atoms with E-state index in [1.165, 1.54) is 37.6 Å². The molecule has 0 spiro atoms. The van der Waals surface area contributed by atoms with E-state index in [2.05, 4.69) is 20.6 Å². The summed E-state index contributed by atoms with van der Waals surface area (Å²) in [4.78, 5) is 43.9. The summed E-state index contributed by atoms with van der Waals surface area (Å²) in [5, 5.41) is 5.47. The standard InChI is InChI=1S/C17H16N4O3/c1-10(22)13-5-6-18-9-15(13)21-16(23)11-4-7-19-14(8-11)17(24)20-12-2-3-12/h4-9,12H,2-3H2,1H3,(H,20,24)(H,21,23). The lowest BCUT2D eigenvalue weighted by Gasteiger charge is -2.09. The van der Waals surface area contributed by atoms with E-state index in [4.69, 9.17) is 0 Å². The predicted molar refractivity (Wildman–Crippen MR) is 86.9 cm³/mol. The Kier molecular flexibility index (Phi) is 4.33. The van der Waals surface area contributed by atoms with Crippen molar-refractivity contribution in [1.82, 2.24) is 15.3 Å². The van der Waals surface area contributed by atoms with Crippen LogP contribution in [0.15, 0.2) is 36.8 Å². The topological polar surface area (TPSA) is 101 Å². The number of amides is 2. The summed E-state index contributed by atoms with van der Waals surface area (Å²) in [5.74, 6) is -0.904. The summed E-state index contributed by atoms with van der Waals surface area (Å²) in [6.07, 6.45) is 6.25. The van der Waals surface area contributed by atoms with Crippen LogP contribution in [0.25, 0.3) is 0 Å². The quantitative estimate of drug-likeness (QED) is 0.817. The Morgan fingerprint density at radius 2 is 1.92 bits per heavy atom. The van der Waals surface area contributed by atoms with E-state index >= 15 is 0 Å². The average Bonchev–Trinajstić information content (AvgIpc) is 3.39. The van der Waals surface area contributed by atoms with Gasteiger partial charge in [-0.1, -0.05) is 0 Å². The number of aromatic nitrogens is 2. The minimum Gasteiger partial charge on any atom is -0.348 e. The van der Waals surface area contributed by atoms with E-state index in [0.29, 0.717) is 11.3 Å². The van der Waals surface area contributed by atoms with Gasteiger partial charge < -0.3 is 10.6 Å². The first-order valence-corrected chi connectivity index (χ1v) is 7.58. The van der Waals surface area contributed by atoms with E-state index in [0.717, 1.165) is 12.8 Å². The molecule has 7 heteroatoms. The summed E-state index contributed by atoms with van der Waals surface area (Å²) >= 11 is 0. The Morgan fingerprint density at radius 3 is 2.62 bits per heavy atom. The molecule has 0 unspecified atom stereocenters. The van der Waals surface area contributed by atoms with Gasteiger partial charge in [0.05, 0.1) is 11.9 Å². The number of hydrogen-bond donors (Lipinski definition) is 2. The first kappa shape index (κ1) is 15.8. The fraction of sp³-hybridized carbons (Fsp3) is 0.235. The van der Waals surface area contributed by atoms with E-state index < -0.39 is 5.91 Å². The van der Waals surface area contributed by atoms with Crippen LogP contribution in [0.5, 0.6) is 0 Å². The maximum absolute atomic E-state index is 12.4. The first-order chi connectivity index (χ1) is 11.5. The number of anilines is 1. The number of pyridine rings is 2. The number of ketones is 1. The molecule has 2 heterocycles. The van der Waals surface area contributed by atoms with E-state index in [1.807, 2.05) is 0 Å². The van der Waals surface area contributed by atoms with Gasteiger partial charge in [-0.3, -0.25) is 24.4 Å². The van der Waals surface area contributed by atoms with Crippen LogP contribution in [-0.4, -0.2) is 33.6 Å². The summed E-state index contributed by atoms with van der Waals surface area (Å²) in [6.45, 7) is 1.41. The van der Waals surface area contributed by atoms with Gasteiger partial charge in [-0.15, -0.1) is 0 Å². The smallest absolute Gasteiger partial charge is 0.270 e. The highest BCUT2D eigenvalue weighted by Crippen LogP contribution is 2.19. The molecule has 0 atom stereocenters. The molecule has 122 valence electrons. The van der Waals surface area contributed by atoms with Crippen LogP contribution in [0.4, 0.5) is 5.69 Å². The van der Waals surface area contributed by atoms with Gasteiger partial charge in [0.25, 0.3) is 11.8 Å². The van der Waals surface area contributed by atoms with E-state index in [9.17, 15) is 14.4 Å². The SMILES string of the molecule is CC(=O)c1ccncc1NC(=O)c1ccnc(C(=O)NC2CC2)c1. The largest absolute Gasteiger partial charge is 0.348 e. The highest BCUT2D eigenvalue weighted by atomic mass is 16.2. The van der Waals surface area contributed by atoms with Gasteiger partial charge in [0.1, 0.15) is 5.69 Å². The van der Waals surface area contributed by atoms with Crippen molar-refractivity contribution < 1.29 is 14.4 Å². The van der Waals surface area contributed by atoms with Crippen LogP contribution in [0.3, 0.4) is 0 Å². The van der Waals surface area contributed by atoms with E-state index in [1.54, 1.807) is 6.07 Å². The second kappa shape index (κ2) is 6.57. The molecule has 1 saturated carbocycles. The monoisotopic (exact) mass is 324 g/mol. The van der Waals surface area contributed by atoms with Crippen molar-refractivity contribution in [2.24, 2.45) is 0 Å². The summed E-state index contributed by atoms with van der Waals surface area (Å²) < 4.78 is 0. The van der Waals surface area contributed by atoms with Gasteiger partial charge in [0.2, 0.25) is 0 Å². The molecule has 0 aromatic carbocycles. The Hall–Kier alpha value is -3.09. The number of hydrogen-bond acceptors (Lipinski definition) is 5. The van der Waals surface area contributed by atoms with Gasteiger partial charge >= 0.3 is 0 Å². The van der Waals surface area contributed by atoms with Crippen LogP contribution in [0, 0.1) is 0 Å². The van der Waals surface area contributed by atoms with Crippen molar-refractivity contribution in [3.63, 3.8) is 0 Å². The van der Waals surface area contributed by atoms with Crippen LogP contribution in [0.2, 0.25) is 0 Å².